The van der Waals surface area contributed by atoms with Crippen LogP contribution in [-0.4, -0.2) is 56.4 Å². The maximum atomic E-state index is 17.7. The van der Waals surface area contributed by atoms with Crippen LogP contribution in [-0.2, 0) is 28.2 Å². The zero-order valence-corrected chi connectivity index (χ0v) is 21.1. The number of halogens is 1. The molecule has 0 aromatic rings. The van der Waals surface area contributed by atoms with Crippen LogP contribution < -0.4 is 0 Å². The van der Waals surface area contributed by atoms with Gasteiger partial charge in [-0.2, -0.15) is 0 Å². The predicted octanol–water partition coefficient (Wildman–Crippen LogP) is 2.58. The van der Waals surface area contributed by atoms with Crippen LogP contribution in [0.3, 0.4) is 0 Å². The van der Waals surface area contributed by atoms with Crippen LogP contribution in [0.15, 0.2) is 23.8 Å². The summed E-state index contributed by atoms with van der Waals surface area (Å²) in [5, 5.41) is 9.83. The summed E-state index contributed by atoms with van der Waals surface area (Å²) < 4.78 is 40.6. The molecule has 35 heavy (non-hydrogen) atoms. The number of aliphatic hydroxyl groups is 1. The molecule has 0 spiro atoms. The Balaban J connectivity index is 1.94. The lowest BCUT2D eigenvalue weighted by Crippen LogP contribution is -2.70. The van der Waals surface area contributed by atoms with Gasteiger partial charge in [0.2, 0.25) is 5.78 Å². The van der Waals surface area contributed by atoms with E-state index >= 15 is 4.39 Å². The molecule has 3 fully saturated rings. The number of ether oxygens (including phenoxy) is 1. The highest BCUT2D eigenvalue weighted by molar-refractivity contribution is 7.46. The molecular weight excluding hydrogens is 482 g/mol. The number of fused-ring (bicyclic) bond motifs is 5. The van der Waals surface area contributed by atoms with Crippen molar-refractivity contribution in [1.29, 1.82) is 0 Å². The summed E-state index contributed by atoms with van der Waals surface area (Å²) in [6, 6.07) is 0. The molecule has 4 aliphatic rings. The maximum absolute atomic E-state index is 17.7. The number of phosphoric acid groups is 1. The van der Waals surface area contributed by atoms with Crippen LogP contribution in [0.1, 0.15) is 53.4 Å². The van der Waals surface area contributed by atoms with Gasteiger partial charge in [-0.15, -0.1) is 0 Å². The number of hydrogen-bond donors (Lipinski definition) is 3. The summed E-state index contributed by atoms with van der Waals surface area (Å²) in [6.07, 6.45) is 2.97. The Bertz CT molecular complexity index is 1080. The van der Waals surface area contributed by atoms with Crippen LogP contribution in [0, 0.1) is 28.6 Å². The smallest absolute Gasteiger partial charge is 0.450 e. The third-order valence-corrected chi connectivity index (χ3v) is 9.81. The molecule has 0 unspecified atom stereocenters. The van der Waals surface area contributed by atoms with Gasteiger partial charge in [0.1, 0.15) is 12.7 Å². The van der Waals surface area contributed by atoms with E-state index in [4.69, 9.17) is 9.26 Å². The minimum atomic E-state index is -5.20. The standard InChI is InChI=1S/C24H32FO9P/c1-13-9-18-17-6-5-15-10-16(28)7-8-21(15,3)23(17,25)20(34-35(30,31)32)11-22(18,4)24(13,19(29)12-26)33-14(2)27/h7-8,10,13,17-18,20,26H,5-6,9,11-12H2,1-4H3,(H2,30,31,32)/t13-,17+,18+,20+,21+,22+,23+,24+/m1/s1. The molecule has 3 saturated carbocycles. The molecule has 3 N–H and O–H groups in total. The van der Waals surface area contributed by atoms with Crippen molar-refractivity contribution in [1.82, 2.24) is 0 Å². The number of hydrogen-bond acceptors (Lipinski definition) is 7. The topological polar surface area (TPSA) is 147 Å². The van der Waals surface area contributed by atoms with Gasteiger partial charge in [0.15, 0.2) is 17.1 Å². The van der Waals surface area contributed by atoms with Gasteiger partial charge in [-0.1, -0.05) is 25.5 Å². The lowest BCUT2D eigenvalue weighted by atomic mass is 9.44. The Morgan fingerprint density at radius 2 is 1.91 bits per heavy atom. The molecule has 8 atom stereocenters. The Labute approximate surface area is 203 Å². The monoisotopic (exact) mass is 514 g/mol. The molecule has 4 aliphatic carbocycles. The highest BCUT2D eigenvalue weighted by Gasteiger charge is 2.77. The van der Waals surface area contributed by atoms with E-state index in [0.717, 1.165) is 6.92 Å². The molecule has 0 aromatic heterocycles. The molecule has 9 nitrogen and oxygen atoms in total. The molecule has 0 aromatic carbocycles. The Kier molecular flexibility index (Phi) is 6.14. The molecule has 11 heteroatoms. The van der Waals surface area contributed by atoms with Crippen molar-refractivity contribution < 1.29 is 47.5 Å². The minimum Gasteiger partial charge on any atom is -0.450 e. The number of alkyl halides is 1. The van der Waals surface area contributed by atoms with Crippen LogP contribution in [0.5, 0.6) is 0 Å². The Morgan fingerprint density at radius 1 is 1.26 bits per heavy atom. The van der Waals surface area contributed by atoms with Crippen molar-refractivity contribution in [2.75, 3.05) is 6.61 Å². The van der Waals surface area contributed by atoms with Crippen molar-refractivity contribution in [3.05, 3.63) is 23.8 Å². The fourth-order valence-corrected chi connectivity index (χ4v) is 8.55. The van der Waals surface area contributed by atoms with E-state index in [1.807, 2.05) is 0 Å². The second kappa shape index (κ2) is 8.15. The van der Waals surface area contributed by atoms with Gasteiger partial charge in [0, 0.05) is 29.6 Å². The van der Waals surface area contributed by atoms with E-state index in [1.54, 1.807) is 20.8 Å². The first kappa shape index (κ1) is 26.4. The average Bonchev–Trinajstić information content (AvgIpc) is 2.95. The number of carbonyl (C=O) groups excluding carboxylic acids is 3. The fraction of sp³-hybridized carbons (Fsp3) is 0.708. The number of esters is 1. The molecule has 194 valence electrons. The summed E-state index contributed by atoms with van der Waals surface area (Å²) in [5.74, 6) is -3.73. The van der Waals surface area contributed by atoms with Gasteiger partial charge in [-0.3, -0.25) is 18.9 Å². The molecular formula is C24H32FO9P. The highest BCUT2D eigenvalue weighted by atomic mass is 31.2. The van der Waals surface area contributed by atoms with Crippen LogP contribution in [0.4, 0.5) is 4.39 Å². The van der Waals surface area contributed by atoms with Crippen molar-refractivity contribution >= 4 is 25.4 Å². The number of phosphoric ester groups is 1. The first-order valence-electron chi connectivity index (χ1n) is 11.8. The normalized spacial score (nSPS) is 44.7. The third kappa shape index (κ3) is 3.48. The third-order valence-electron chi connectivity index (χ3n) is 9.28. The van der Waals surface area contributed by atoms with E-state index in [2.05, 4.69) is 0 Å². The SMILES string of the molecule is CC(=O)O[C@]1(C(=O)CO)[C@H](C)C[C@H]2[C@@H]3CCC4=CC(=O)C=C[C@]4(C)[C@@]3(F)[C@@H](OP(=O)(O)O)C[C@@]21C. The Morgan fingerprint density at radius 3 is 2.49 bits per heavy atom. The number of rotatable bonds is 5. The van der Waals surface area contributed by atoms with Gasteiger partial charge in [0.25, 0.3) is 0 Å². The van der Waals surface area contributed by atoms with Crippen LogP contribution in [0.25, 0.3) is 0 Å². The maximum Gasteiger partial charge on any atom is 0.469 e. The number of carbonyl (C=O) groups is 3. The molecule has 0 aliphatic heterocycles. The van der Waals surface area contributed by atoms with Crippen LogP contribution in [0.2, 0.25) is 0 Å². The van der Waals surface area contributed by atoms with Gasteiger partial charge >= 0.3 is 13.8 Å². The van der Waals surface area contributed by atoms with Crippen molar-refractivity contribution in [2.24, 2.45) is 28.6 Å². The second-order valence-corrected chi connectivity index (χ2v) is 12.1. The van der Waals surface area contributed by atoms with Gasteiger partial charge in [-0.25, -0.2) is 8.96 Å². The molecule has 0 saturated heterocycles. The quantitative estimate of drug-likeness (QED) is 0.372. The lowest BCUT2D eigenvalue weighted by Gasteiger charge is -2.63. The van der Waals surface area contributed by atoms with E-state index in [0.29, 0.717) is 18.4 Å². The largest absolute Gasteiger partial charge is 0.469 e. The number of aliphatic hydroxyl groups excluding tert-OH is 1. The summed E-state index contributed by atoms with van der Waals surface area (Å²) in [6.45, 7) is 5.19. The van der Waals surface area contributed by atoms with Gasteiger partial charge < -0.3 is 19.6 Å². The molecule has 0 radical (unpaired) electrons. The lowest BCUT2D eigenvalue weighted by molar-refractivity contribution is -0.225. The van der Waals surface area contributed by atoms with E-state index in [9.17, 15) is 33.8 Å². The molecule has 0 amide bonds. The zero-order valence-electron chi connectivity index (χ0n) is 20.2. The summed E-state index contributed by atoms with van der Waals surface area (Å²) in [4.78, 5) is 57.0. The van der Waals surface area contributed by atoms with Gasteiger partial charge in [-0.05, 0) is 50.7 Å². The summed E-state index contributed by atoms with van der Waals surface area (Å²) in [5.41, 5.74) is -6.26. The highest BCUT2D eigenvalue weighted by Crippen LogP contribution is 2.72. The van der Waals surface area contributed by atoms with Crippen molar-refractivity contribution in [3.63, 3.8) is 0 Å². The van der Waals surface area contributed by atoms with Gasteiger partial charge in [0.05, 0.1) is 0 Å². The summed E-state index contributed by atoms with van der Waals surface area (Å²) >= 11 is 0. The minimum absolute atomic E-state index is 0.247. The molecule has 0 heterocycles. The first-order valence-corrected chi connectivity index (χ1v) is 13.3. The average molecular weight is 514 g/mol. The van der Waals surface area contributed by atoms with Crippen molar-refractivity contribution in [2.45, 2.75) is 70.8 Å². The predicted molar refractivity (Wildman–Crippen MR) is 120 cm³/mol. The number of allylic oxidation sites excluding steroid dienone is 4. The first-order chi connectivity index (χ1) is 16.1. The summed E-state index contributed by atoms with van der Waals surface area (Å²) in [7, 11) is -5.20. The van der Waals surface area contributed by atoms with Crippen LogP contribution >= 0.6 is 7.82 Å². The molecule has 4 rings (SSSR count). The van der Waals surface area contributed by atoms with Crippen molar-refractivity contribution in [3.8, 4) is 0 Å². The number of Topliss-reactive ketones (excluding diaryl/α,β-unsaturated/α-hetero) is 1. The van der Waals surface area contributed by atoms with E-state index < -0.39 is 72.1 Å². The second-order valence-electron chi connectivity index (χ2n) is 10.9. The van der Waals surface area contributed by atoms with E-state index in [1.165, 1.54) is 18.2 Å². The zero-order chi connectivity index (χ0) is 26.2. The fourth-order valence-electron chi connectivity index (χ4n) is 7.99. The number of ketones is 2. The Hall–Kier alpha value is -1.71. The molecule has 0 bridgehead atoms. The van der Waals surface area contributed by atoms with E-state index in [-0.39, 0.29) is 18.6 Å².